The monoisotopic (exact) mass is 482 g/mol. The van der Waals surface area contributed by atoms with Crippen LogP contribution in [0, 0.1) is 15.5 Å². The summed E-state index contributed by atoms with van der Waals surface area (Å²) in [4.78, 5) is 39.5. The van der Waals surface area contributed by atoms with Crippen molar-refractivity contribution in [3.8, 4) is 5.75 Å². The molecule has 0 saturated carbocycles. The summed E-state index contributed by atoms with van der Waals surface area (Å²) in [5.74, 6) is -0.261. The average molecular weight is 483 g/mol. The smallest absolute Gasteiger partial charge is 0.312 e. The number of nitrogens with zero attached hydrogens (tertiary/aromatic N) is 4. The first-order valence-electron chi connectivity index (χ1n) is 10.8. The molecule has 0 radical (unpaired) electrons. The van der Waals surface area contributed by atoms with Crippen molar-refractivity contribution < 1.29 is 27.7 Å². The zero-order valence-corrected chi connectivity index (χ0v) is 20.1. The van der Waals surface area contributed by atoms with Gasteiger partial charge in [-0.3, -0.25) is 19.7 Å². The standard InChI is InChI=1S/C21H30N4O7S/c1-21(2,3)20(27)24-9-5-6-16(24)19(26)22-10-12-23(13-11-22)33(30,31)15-7-8-18(32-4)17(14-15)25(28)29/h7-8,14,16H,5-6,9-13H2,1-4H3. The van der Waals surface area contributed by atoms with Crippen LogP contribution in [0.3, 0.4) is 0 Å². The molecule has 1 unspecified atom stereocenters. The molecule has 1 aromatic rings. The molecule has 182 valence electrons. The molecule has 1 atom stereocenters. The number of benzene rings is 1. The molecule has 0 aromatic heterocycles. The lowest BCUT2D eigenvalue weighted by molar-refractivity contribution is -0.386. The summed E-state index contributed by atoms with van der Waals surface area (Å²) >= 11 is 0. The molecule has 33 heavy (non-hydrogen) atoms. The van der Waals surface area contributed by atoms with Gasteiger partial charge in [0, 0.05) is 44.2 Å². The number of nitro benzene ring substituents is 1. The quantitative estimate of drug-likeness (QED) is 0.459. The van der Waals surface area contributed by atoms with Crippen molar-refractivity contribution in [1.82, 2.24) is 14.1 Å². The topological polar surface area (TPSA) is 130 Å². The van der Waals surface area contributed by atoms with Crippen molar-refractivity contribution in [2.24, 2.45) is 5.41 Å². The summed E-state index contributed by atoms with van der Waals surface area (Å²) in [5, 5.41) is 11.3. The molecule has 0 bridgehead atoms. The number of hydrogen-bond acceptors (Lipinski definition) is 7. The predicted octanol–water partition coefficient (Wildman–Crippen LogP) is 1.47. The Morgan fingerprint density at radius 3 is 2.30 bits per heavy atom. The van der Waals surface area contributed by atoms with E-state index in [4.69, 9.17) is 4.74 Å². The Bertz CT molecular complexity index is 1040. The molecular weight excluding hydrogens is 452 g/mol. The molecule has 2 fully saturated rings. The number of amides is 2. The molecule has 0 N–H and O–H groups in total. The predicted molar refractivity (Wildman–Crippen MR) is 119 cm³/mol. The molecule has 2 heterocycles. The van der Waals surface area contributed by atoms with Gasteiger partial charge in [-0.2, -0.15) is 4.31 Å². The second-order valence-corrected chi connectivity index (χ2v) is 11.2. The summed E-state index contributed by atoms with van der Waals surface area (Å²) in [7, 11) is -2.71. The van der Waals surface area contributed by atoms with Crippen molar-refractivity contribution in [1.29, 1.82) is 0 Å². The molecule has 3 rings (SSSR count). The SMILES string of the molecule is COc1ccc(S(=O)(=O)N2CCN(C(=O)C3CCCN3C(=O)C(C)(C)C)CC2)cc1[N+](=O)[O-]. The summed E-state index contributed by atoms with van der Waals surface area (Å²) in [6.45, 7) is 6.50. The number of rotatable bonds is 5. The lowest BCUT2D eigenvalue weighted by Crippen LogP contribution is -2.56. The van der Waals surface area contributed by atoms with Crippen LogP contribution in [-0.4, -0.2) is 85.1 Å². The number of carbonyl (C=O) groups is 2. The van der Waals surface area contributed by atoms with Gasteiger partial charge in [0.2, 0.25) is 21.8 Å². The molecule has 2 aliphatic heterocycles. The second-order valence-electron chi connectivity index (χ2n) is 9.23. The van der Waals surface area contributed by atoms with E-state index < -0.39 is 32.1 Å². The van der Waals surface area contributed by atoms with Crippen LogP contribution in [0.5, 0.6) is 5.75 Å². The van der Waals surface area contributed by atoms with Gasteiger partial charge in [0.05, 0.1) is 16.9 Å². The molecule has 1 aromatic carbocycles. The van der Waals surface area contributed by atoms with Gasteiger partial charge in [0.1, 0.15) is 6.04 Å². The maximum atomic E-state index is 13.1. The highest BCUT2D eigenvalue weighted by Crippen LogP contribution is 2.31. The van der Waals surface area contributed by atoms with E-state index in [-0.39, 0.29) is 48.6 Å². The first-order valence-corrected chi connectivity index (χ1v) is 12.2. The third-order valence-electron chi connectivity index (χ3n) is 5.98. The number of methoxy groups -OCH3 is 1. The molecule has 11 nitrogen and oxygen atoms in total. The molecule has 2 saturated heterocycles. The van der Waals surface area contributed by atoms with Crippen molar-refractivity contribution in [3.63, 3.8) is 0 Å². The summed E-state index contributed by atoms with van der Waals surface area (Å²) in [5.41, 5.74) is -1.02. The summed E-state index contributed by atoms with van der Waals surface area (Å²) in [6, 6.07) is 2.99. The number of likely N-dealkylation sites (tertiary alicyclic amines) is 1. The van der Waals surface area contributed by atoms with Crippen LogP contribution in [0.4, 0.5) is 5.69 Å². The number of ether oxygens (including phenoxy) is 1. The van der Waals surface area contributed by atoms with Crippen LogP contribution in [0.2, 0.25) is 0 Å². The van der Waals surface area contributed by atoms with E-state index in [1.807, 2.05) is 20.8 Å². The summed E-state index contributed by atoms with van der Waals surface area (Å²) < 4.78 is 32.3. The third-order valence-corrected chi connectivity index (χ3v) is 7.87. The maximum Gasteiger partial charge on any atom is 0.312 e. The van der Waals surface area contributed by atoms with Crippen molar-refractivity contribution in [2.45, 2.75) is 44.6 Å². The van der Waals surface area contributed by atoms with Crippen LogP contribution >= 0.6 is 0 Å². The highest BCUT2D eigenvalue weighted by atomic mass is 32.2. The lowest BCUT2D eigenvalue weighted by Gasteiger charge is -2.37. The highest BCUT2D eigenvalue weighted by molar-refractivity contribution is 7.89. The fraction of sp³-hybridized carbons (Fsp3) is 0.619. The van der Waals surface area contributed by atoms with Gasteiger partial charge >= 0.3 is 5.69 Å². The molecule has 0 spiro atoms. The van der Waals surface area contributed by atoms with Crippen molar-refractivity contribution in [2.75, 3.05) is 39.8 Å². The van der Waals surface area contributed by atoms with Crippen LogP contribution in [-0.2, 0) is 19.6 Å². The fourth-order valence-electron chi connectivity index (χ4n) is 4.18. The Hall–Kier alpha value is -2.73. The number of carbonyl (C=O) groups excluding carboxylic acids is 2. The van der Waals surface area contributed by atoms with Gasteiger partial charge in [-0.15, -0.1) is 0 Å². The molecule has 2 aliphatic rings. The number of piperazine rings is 1. The van der Waals surface area contributed by atoms with Gasteiger partial charge in [-0.05, 0) is 25.0 Å². The number of nitro groups is 1. The van der Waals surface area contributed by atoms with E-state index >= 15 is 0 Å². The number of sulfonamides is 1. The van der Waals surface area contributed by atoms with Crippen molar-refractivity contribution >= 4 is 27.5 Å². The van der Waals surface area contributed by atoms with Crippen molar-refractivity contribution in [3.05, 3.63) is 28.3 Å². The zero-order chi connectivity index (χ0) is 24.6. The Balaban J connectivity index is 1.70. The molecular formula is C21H30N4O7S. The van der Waals surface area contributed by atoms with E-state index in [1.165, 1.54) is 23.5 Å². The minimum absolute atomic E-state index is 0.0275. The Labute approximate surface area is 193 Å². The van der Waals surface area contributed by atoms with Gasteiger partial charge in [0.15, 0.2) is 5.75 Å². The number of hydrogen-bond donors (Lipinski definition) is 0. The Morgan fingerprint density at radius 2 is 1.76 bits per heavy atom. The molecule has 2 amide bonds. The average Bonchev–Trinajstić information content (AvgIpc) is 3.26. The Kier molecular flexibility index (Phi) is 6.99. The highest BCUT2D eigenvalue weighted by Gasteiger charge is 2.41. The first kappa shape index (κ1) is 24.9. The van der Waals surface area contributed by atoms with Gasteiger partial charge in [0.25, 0.3) is 0 Å². The minimum atomic E-state index is -3.98. The zero-order valence-electron chi connectivity index (χ0n) is 19.3. The Morgan fingerprint density at radius 1 is 1.12 bits per heavy atom. The van der Waals surface area contributed by atoms with E-state index in [9.17, 15) is 28.1 Å². The van der Waals surface area contributed by atoms with Gasteiger partial charge in [-0.25, -0.2) is 8.42 Å². The molecule has 0 aliphatic carbocycles. The largest absolute Gasteiger partial charge is 0.490 e. The normalized spacial score (nSPS) is 20.1. The fourth-order valence-corrected chi connectivity index (χ4v) is 5.62. The lowest BCUT2D eigenvalue weighted by atomic mass is 9.94. The van der Waals surface area contributed by atoms with Crippen LogP contribution in [0.25, 0.3) is 0 Å². The van der Waals surface area contributed by atoms with E-state index in [0.717, 1.165) is 12.5 Å². The van der Waals surface area contributed by atoms with Crippen LogP contribution < -0.4 is 4.74 Å². The minimum Gasteiger partial charge on any atom is -0.490 e. The maximum absolute atomic E-state index is 13.1. The van der Waals surface area contributed by atoms with E-state index in [0.29, 0.717) is 13.0 Å². The second kappa shape index (κ2) is 9.26. The third kappa shape index (κ3) is 4.96. The van der Waals surface area contributed by atoms with E-state index in [1.54, 1.807) is 9.80 Å². The van der Waals surface area contributed by atoms with Crippen LogP contribution in [0.15, 0.2) is 23.1 Å². The first-order chi connectivity index (χ1) is 15.4. The van der Waals surface area contributed by atoms with Crippen LogP contribution in [0.1, 0.15) is 33.6 Å². The van der Waals surface area contributed by atoms with Gasteiger partial charge in [-0.1, -0.05) is 20.8 Å². The van der Waals surface area contributed by atoms with E-state index in [2.05, 4.69) is 0 Å². The summed E-state index contributed by atoms with van der Waals surface area (Å²) in [6.07, 6.45) is 1.34. The van der Waals surface area contributed by atoms with Gasteiger partial charge < -0.3 is 14.5 Å². The molecule has 12 heteroatoms.